The Bertz CT molecular complexity index is 394. The average molecular weight is 325 g/mol. The molecule has 0 unspecified atom stereocenters. The van der Waals surface area contributed by atoms with Gasteiger partial charge in [0.05, 0.1) is 5.03 Å². The predicted molar refractivity (Wildman–Crippen MR) is 72.0 cm³/mol. The Morgan fingerprint density at radius 1 is 1.62 bits per heavy atom. The van der Waals surface area contributed by atoms with Crippen LogP contribution >= 0.6 is 39.1 Å². The summed E-state index contributed by atoms with van der Waals surface area (Å²) in [6.45, 7) is 2.14. The molecule has 0 spiro atoms. The molecule has 0 saturated carbocycles. The van der Waals surface area contributed by atoms with Gasteiger partial charge < -0.3 is 10.5 Å². The van der Waals surface area contributed by atoms with Crippen LogP contribution in [0.15, 0.2) is 33.2 Å². The van der Waals surface area contributed by atoms with E-state index >= 15 is 0 Å². The summed E-state index contributed by atoms with van der Waals surface area (Å²) >= 11 is 14.6. The molecule has 0 aliphatic rings. The molecule has 1 atom stereocenters. The first-order valence-electron chi connectivity index (χ1n) is 4.67. The van der Waals surface area contributed by atoms with Crippen LogP contribution in [0.5, 0.6) is 5.75 Å². The van der Waals surface area contributed by atoms with Crippen LogP contribution in [-0.2, 0) is 0 Å². The molecule has 0 fully saturated rings. The van der Waals surface area contributed by atoms with Gasteiger partial charge in [-0.15, -0.1) is 0 Å². The molecule has 0 saturated heterocycles. The number of ether oxygens (including phenoxy) is 1. The summed E-state index contributed by atoms with van der Waals surface area (Å²) in [5, 5.41) is 0.442. The fourth-order valence-corrected chi connectivity index (χ4v) is 1.65. The lowest BCUT2D eigenvalue weighted by molar-refractivity contribution is 0.353. The molecule has 0 aliphatic carbocycles. The normalized spacial score (nSPS) is 13.7. The highest BCUT2D eigenvalue weighted by molar-refractivity contribution is 9.10. The second-order valence-electron chi connectivity index (χ2n) is 3.32. The van der Waals surface area contributed by atoms with Crippen molar-refractivity contribution in [2.24, 2.45) is 5.73 Å². The average Bonchev–Trinajstić information content (AvgIpc) is 2.25. The lowest BCUT2D eigenvalue weighted by Gasteiger charge is -2.14. The van der Waals surface area contributed by atoms with Crippen LogP contribution in [0.1, 0.15) is 18.5 Å². The van der Waals surface area contributed by atoms with Gasteiger partial charge in [0.1, 0.15) is 12.4 Å². The van der Waals surface area contributed by atoms with Crippen LogP contribution in [0.25, 0.3) is 0 Å². The molecule has 2 N–H and O–H groups in total. The molecular weight excluding hydrogens is 313 g/mol. The summed E-state index contributed by atoms with van der Waals surface area (Å²) in [5.74, 6) is 0.709. The summed E-state index contributed by atoms with van der Waals surface area (Å²) in [7, 11) is 0. The number of halogens is 3. The van der Waals surface area contributed by atoms with E-state index in [1.807, 2.05) is 25.1 Å². The maximum atomic E-state index is 5.83. The number of benzene rings is 1. The fourth-order valence-electron chi connectivity index (χ4n) is 1.19. The number of nitrogens with two attached hydrogens (primary N) is 1. The molecule has 0 amide bonds. The van der Waals surface area contributed by atoms with E-state index in [1.165, 1.54) is 5.54 Å². The van der Waals surface area contributed by atoms with Crippen molar-refractivity contribution in [3.8, 4) is 5.75 Å². The molecule has 1 aromatic rings. The Kier molecular flexibility index (Phi) is 5.62. The minimum Gasteiger partial charge on any atom is -0.488 e. The standard InChI is InChI=1S/C11H12BrCl2NO/c1-7(15)10-3-2-8(12)4-11(10)16-6-9(14)5-13/h2-5,7H,6,15H2,1H3/b9-5-/t7-/m1/s1. The zero-order valence-electron chi connectivity index (χ0n) is 8.71. The number of hydrogen-bond donors (Lipinski definition) is 1. The van der Waals surface area contributed by atoms with Crippen molar-refractivity contribution in [3.63, 3.8) is 0 Å². The van der Waals surface area contributed by atoms with E-state index < -0.39 is 0 Å². The maximum absolute atomic E-state index is 5.83. The van der Waals surface area contributed by atoms with E-state index in [2.05, 4.69) is 15.9 Å². The Hall–Kier alpha value is -0.220. The highest BCUT2D eigenvalue weighted by Crippen LogP contribution is 2.28. The van der Waals surface area contributed by atoms with Crippen LogP contribution in [0.3, 0.4) is 0 Å². The van der Waals surface area contributed by atoms with Crippen molar-refractivity contribution >= 4 is 39.1 Å². The minimum absolute atomic E-state index is 0.0955. The number of hydrogen-bond acceptors (Lipinski definition) is 2. The number of rotatable bonds is 4. The van der Waals surface area contributed by atoms with Crippen molar-refractivity contribution in [2.45, 2.75) is 13.0 Å². The monoisotopic (exact) mass is 323 g/mol. The lowest BCUT2D eigenvalue weighted by atomic mass is 10.1. The molecule has 0 aromatic heterocycles. The van der Waals surface area contributed by atoms with Crippen LogP contribution in [0.2, 0.25) is 0 Å². The first-order valence-corrected chi connectivity index (χ1v) is 6.28. The third-order valence-corrected chi connectivity index (χ3v) is 3.04. The first kappa shape index (κ1) is 13.8. The highest BCUT2D eigenvalue weighted by atomic mass is 79.9. The minimum atomic E-state index is -0.0955. The van der Waals surface area contributed by atoms with Crippen molar-refractivity contribution in [2.75, 3.05) is 6.61 Å². The molecule has 0 aliphatic heterocycles. The quantitative estimate of drug-likeness (QED) is 0.902. The Balaban J connectivity index is 2.88. The van der Waals surface area contributed by atoms with Gasteiger partial charge in [-0.05, 0) is 19.1 Å². The molecule has 0 radical (unpaired) electrons. The molecule has 88 valence electrons. The molecular formula is C11H12BrCl2NO. The van der Waals surface area contributed by atoms with Crippen LogP contribution < -0.4 is 10.5 Å². The summed E-state index contributed by atoms with van der Waals surface area (Å²) in [6, 6.07) is 5.60. The van der Waals surface area contributed by atoms with E-state index in [1.54, 1.807) is 0 Å². The van der Waals surface area contributed by atoms with Gasteiger partial charge in [-0.25, -0.2) is 0 Å². The Morgan fingerprint density at radius 2 is 2.31 bits per heavy atom. The Labute approximate surface area is 113 Å². The molecule has 1 rings (SSSR count). The second kappa shape index (κ2) is 6.50. The van der Waals surface area contributed by atoms with Gasteiger partial charge in [0.15, 0.2) is 0 Å². The molecule has 16 heavy (non-hydrogen) atoms. The topological polar surface area (TPSA) is 35.2 Å². The van der Waals surface area contributed by atoms with Crippen LogP contribution in [0.4, 0.5) is 0 Å². The summed E-state index contributed by atoms with van der Waals surface area (Å²) < 4.78 is 6.47. The van der Waals surface area contributed by atoms with Gasteiger partial charge in [0.2, 0.25) is 0 Å². The smallest absolute Gasteiger partial charge is 0.125 e. The van der Waals surface area contributed by atoms with Crippen LogP contribution in [0, 0.1) is 0 Å². The lowest BCUT2D eigenvalue weighted by Crippen LogP contribution is -2.08. The van der Waals surface area contributed by atoms with E-state index in [-0.39, 0.29) is 12.6 Å². The maximum Gasteiger partial charge on any atom is 0.125 e. The van der Waals surface area contributed by atoms with E-state index in [9.17, 15) is 0 Å². The molecule has 0 heterocycles. The molecule has 1 aromatic carbocycles. The van der Waals surface area contributed by atoms with E-state index in [0.29, 0.717) is 10.8 Å². The largest absolute Gasteiger partial charge is 0.488 e. The van der Waals surface area contributed by atoms with Gasteiger partial charge in [-0.1, -0.05) is 45.2 Å². The van der Waals surface area contributed by atoms with E-state index in [0.717, 1.165) is 10.0 Å². The predicted octanol–water partition coefficient (Wildman–Crippen LogP) is 4.17. The fraction of sp³-hybridized carbons (Fsp3) is 0.273. The Morgan fingerprint density at radius 3 is 2.88 bits per heavy atom. The third kappa shape index (κ3) is 3.98. The molecule has 5 heteroatoms. The van der Waals surface area contributed by atoms with Gasteiger partial charge in [0.25, 0.3) is 0 Å². The van der Waals surface area contributed by atoms with Gasteiger partial charge >= 0.3 is 0 Å². The first-order chi connectivity index (χ1) is 7.54. The van der Waals surface area contributed by atoms with E-state index in [4.69, 9.17) is 33.7 Å². The van der Waals surface area contributed by atoms with Gasteiger partial charge in [0, 0.05) is 21.6 Å². The zero-order valence-corrected chi connectivity index (χ0v) is 11.8. The van der Waals surface area contributed by atoms with Gasteiger partial charge in [-0.3, -0.25) is 0 Å². The van der Waals surface area contributed by atoms with Crippen LogP contribution in [-0.4, -0.2) is 6.61 Å². The zero-order chi connectivity index (χ0) is 12.1. The van der Waals surface area contributed by atoms with Gasteiger partial charge in [-0.2, -0.15) is 0 Å². The summed E-state index contributed by atoms with van der Waals surface area (Å²) in [6.07, 6.45) is 0. The van der Waals surface area contributed by atoms with Crippen molar-refractivity contribution in [1.82, 2.24) is 0 Å². The third-order valence-electron chi connectivity index (χ3n) is 1.95. The second-order valence-corrected chi connectivity index (χ2v) is 4.93. The van der Waals surface area contributed by atoms with Crippen molar-refractivity contribution < 1.29 is 4.74 Å². The SMILES string of the molecule is C[C@@H](N)c1ccc(Br)cc1OC/C(Cl)=C/Cl. The van der Waals surface area contributed by atoms with Crippen molar-refractivity contribution in [3.05, 3.63) is 38.8 Å². The highest BCUT2D eigenvalue weighted by Gasteiger charge is 2.09. The summed E-state index contributed by atoms with van der Waals surface area (Å²) in [4.78, 5) is 0. The molecule has 0 bridgehead atoms. The molecule has 2 nitrogen and oxygen atoms in total. The summed E-state index contributed by atoms with van der Waals surface area (Å²) in [5.41, 5.74) is 8.05. The van der Waals surface area contributed by atoms with Crippen molar-refractivity contribution in [1.29, 1.82) is 0 Å².